The fraction of sp³-hybridized carbons (Fsp3) is 0.205. The van der Waals surface area contributed by atoms with Gasteiger partial charge in [0.05, 0.1) is 20.8 Å². The van der Waals surface area contributed by atoms with E-state index in [0.29, 0.717) is 74.8 Å². The van der Waals surface area contributed by atoms with Crippen LogP contribution in [0.1, 0.15) is 19.8 Å². The number of benzene rings is 5. The number of rotatable bonds is 8. The van der Waals surface area contributed by atoms with E-state index in [1.807, 2.05) is 51.9 Å². The highest BCUT2D eigenvalue weighted by atomic mass is 32.2. The summed E-state index contributed by atoms with van der Waals surface area (Å²) in [5, 5.41) is 1.35. The maximum absolute atomic E-state index is 14.3. The first-order chi connectivity index (χ1) is 25.5. The van der Waals surface area contributed by atoms with Crippen LogP contribution in [0.2, 0.25) is 0 Å². The van der Waals surface area contributed by atoms with E-state index in [2.05, 4.69) is 6.92 Å². The van der Waals surface area contributed by atoms with Gasteiger partial charge in [-0.05, 0) is 79.4 Å². The van der Waals surface area contributed by atoms with Crippen LogP contribution in [0, 0.1) is 5.92 Å². The van der Waals surface area contributed by atoms with Crippen molar-refractivity contribution < 1.29 is 38.8 Å². The minimum absolute atomic E-state index is 0.189. The van der Waals surface area contributed by atoms with Crippen molar-refractivity contribution >= 4 is 58.3 Å². The summed E-state index contributed by atoms with van der Waals surface area (Å²) in [7, 11) is -9.02. The molecule has 12 nitrogen and oxygen atoms in total. The lowest BCUT2D eigenvalue weighted by Gasteiger charge is -2.30. The van der Waals surface area contributed by atoms with E-state index in [9.17, 15) is 34.4 Å². The number of sulfonamides is 1. The van der Waals surface area contributed by atoms with E-state index in [-0.39, 0.29) is 14.7 Å². The molecule has 0 saturated carbocycles. The second-order valence-corrected chi connectivity index (χ2v) is 18.2. The average Bonchev–Trinajstić information content (AvgIpc) is 3.15. The summed E-state index contributed by atoms with van der Waals surface area (Å²) in [5.74, 6) is 0.893. The van der Waals surface area contributed by atoms with E-state index in [1.165, 1.54) is 24.3 Å². The van der Waals surface area contributed by atoms with E-state index >= 15 is 0 Å². The van der Waals surface area contributed by atoms with E-state index in [1.54, 1.807) is 60.9 Å². The zero-order valence-corrected chi connectivity index (χ0v) is 32.1. The third kappa shape index (κ3) is 7.18. The summed E-state index contributed by atoms with van der Waals surface area (Å²) >= 11 is 0. The molecular weight excluding hydrogens is 751 g/mol. The molecule has 4 aromatic carbocycles. The van der Waals surface area contributed by atoms with E-state index in [4.69, 9.17) is 4.42 Å². The topological polar surface area (TPSA) is 166 Å². The molecule has 0 bridgehead atoms. The molecule has 3 aliphatic rings. The van der Waals surface area contributed by atoms with Crippen molar-refractivity contribution in [1.82, 2.24) is 8.88 Å². The Hall–Kier alpha value is -4.90. The number of hydrogen-bond donors (Lipinski definition) is 2. The SMILES string of the molecule is CC1CCN(S(=O)(=O)c2ccccc2-c2c3cc/c(=[N+](/C)c4ccc(S(=O)(=O)O)cc4)cc-3oc3cc(N(C)c4ccc(S(=O)(=O)O)cc4)ccc23)CC1. The monoisotopic (exact) mass is 788 g/mol. The second kappa shape index (κ2) is 14.1. The molecule has 0 radical (unpaired) electrons. The van der Waals surface area contributed by atoms with Crippen molar-refractivity contribution in [2.24, 2.45) is 5.92 Å². The van der Waals surface area contributed by atoms with Gasteiger partial charge >= 0.3 is 0 Å². The van der Waals surface area contributed by atoms with Gasteiger partial charge in [0.25, 0.3) is 20.2 Å². The third-order valence-corrected chi connectivity index (χ3v) is 13.7. The van der Waals surface area contributed by atoms with Gasteiger partial charge in [-0.2, -0.15) is 25.7 Å². The molecule has 15 heteroatoms. The maximum Gasteiger partial charge on any atom is 0.294 e. The minimum Gasteiger partial charge on any atom is -0.456 e. The summed E-state index contributed by atoms with van der Waals surface area (Å²) < 4.78 is 104. The Labute approximate surface area is 314 Å². The maximum atomic E-state index is 14.3. The predicted molar refractivity (Wildman–Crippen MR) is 207 cm³/mol. The number of piperidine rings is 1. The standard InChI is InChI=1S/C39H37N3O9S3/c1-26-20-22-42(23-21-26)52(43,44)38-7-5-4-6-35(38)39-33-18-12-29(40(2)27-8-14-31(15-9-27)53(45,46)47)24-36(33)51-37-25-30(13-19-34(37)39)41(3)28-10-16-32(17-11-28)54(48,49)50/h4-19,24-26H,20-23H2,1-3H3,(H-,45,46,47,48,49,50)/p+1. The van der Waals surface area contributed by atoms with Gasteiger partial charge < -0.3 is 9.32 Å². The van der Waals surface area contributed by atoms with Gasteiger partial charge in [-0.3, -0.25) is 9.11 Å². The summed E-state index contributed by atoms with van der Waals surface area (Å²) in [6.45, 7) is 3.00. The van der Waals surface area contributed by atoms with Gasteiger partial charge in [0, 0.05) is 77.9 Å². The lowest BCUT2D eigenvalue weighted by Crippen LogP contribution is -2.38. The van der Waals surface area contributed by atoms with Crippen molar-refractivity contribution in [2.45, 2.75) is 34.5 Å². The second-order valence-electron chi connectivity index (χ2n) is 13.5. The first-order valence-electron chi connectivity index (χ1n) is 17.1. The highest BCUT2D eigenvalue weighted by molar-refractivity contribution is 7.89. The zero-order chi connectivity index (χ0) is 38.6. The van der Waals surface area contributed by atoms with Crippen LogP contribution in [0.4, 0.5) is 17.1 Å². The fourth-order valence-corrected chi connectivity index (χ4v) is 9.45. The Morgan fingerprint density at radius 1 is 0.722 bits per heavy atom. The third-order valence-electron chi connectivity index (χ3n) is 10.0. The molecule has 0 amide bonds. The molecule has 2 aliphatic heterocycles. The van der Waals surface area contributed by atoms with Gasteiger partial charge in [-0.15, -0.1) is 0 Å². The largest absolute Gasteiger partial charge is 0.456 e. The Bertz CT molecular complexity index is 2780. The van der Waals surface area contributed by atoms with Crippen LogP contribution >= 0.6 is 0 Å². The zero-order valence-electron chi connectivity index (χ0n) is 29.6. The molecule has 0 aromatic heterocycles. The van der Waals surface area contributed by atoms with Gasteiger partial charge in [0.1, 0.15) is 18.4 Å². The predicted octanol–water partition coefficient (Wildman–Crippen LogP) is 6.62. The van der Waals surface area contributed by atoms with Crippen molar-refractivity contribution in [3.8, 4) is 22.5 Å². The molecule has 2 heterocycles. The highest BCUT2D eigenvalue weighted by Crippen LogP contribution is 2.44. The number of nitrogens with zero attached hydrogens (tertiary/aromatic N) is 3. The number of anilines is 2. The fourth-order valence-electron chi connectivity index (χ4n) is 6.82. The van der Waals surface area contributed by atoms with Crippen LogP contribution in [-0.4, -0.2) is 65.8 Å². The van der Waals surface area contributed by atoms with Crippen LogP contribution in [0.15, 0.2) is 128 Å². The lowest BCUT2D eigenvalue weighted by atomic mass is 9.93. The molecule has 0 spiro atoms. The Balaban J connectivity index is 1.44. The van der Waals surface area contributed by atoms with Crippen molar-refractivity contribution in [3.05, 3.63) is 115 Å². The molecule has 1 aliphatic carbocycles. The first-order valence-corrected chi connectivity index (χ1v) is 21.4. The van der Waals surface area contributed by atoms with Crippen LogP contribution in [0.3, 0.4) is 0 Å². The van der Waals surface area contributed by atoms with Crippen LogP contribution in [-0.2, 0) is 30.3 Å². The molecule has 0 atom stereocenters. The first kappa shape index (κ1) is 37.4. The molecule has 1 saturated heterocycles. The van der Waals surface area contributed by atoms with Gasteiger partial charge in [-0.1, -0.05) is 25.1 Å². The van der Waals surface area contributed by atoms with Gasteiger partial charge in [0.15, 0.2) is 0 Å². The van der Waals surface area contributed by atoms with Crippen molar-refractivity contribution in [3.63, 3.8) is 0 Å². The lowest BCUT2D eigenvalue weighted by molar-refractivity contribution is 0.288. The molecule has 1 fully saturated rings. The molecule has 0 unspecified atom stereocenters. The summed E-state index contributed by atoms with van der Waals surface area (Å²) in [6, 6.07) is 29.6. The normalized spacial score (nSPS) is 15.4. The minimum atomic E-state index is -4.37. The summed E-state index contributed by atoms with van der Waals surface area (Å²) in [5.41, 5.74) is 4.26. The van der Waals surface area contributed by atoms with Crippen molar-refractivity contribution in [2.75, 3.05) is 32.1 Å². The van der Waals surface area contributed by atoms with E-state index in [0.717, 1.165) is 12.8 Å². The molecular formula is C39H38N3O9S3+. The molecule has 7 rings (SSSR count). The molecule has 4 aromatic rings. The number of hydrogen-bond acceptors (Lipinski definition) is 8. The highest BCUT2D eigenvalue weighted by Gasteiger charge is 2.32. The number of fused-ring (bicyclic) bond motifs is 2. The Morgan fingerprint density at radius 2 is 1.31 bits per heavy atom. The van der Waals surface area contributed by atoms with E-state index < -0.39 is 30.3 Å². The van der Waals surface area contributed by atoms with Gasteiger partial charge in [0.2, 0.25) is 21.1 Å². The van der Waals surface area contributed by atoms with Crippen LogP contribution in [0.25, 0.3) is 33.4 Å². The molecule has 54 heavy (non-hydrogen) atoms. The summed E-state index contributed by atoms with van der Waals surface area (Å²) in [6.07, 6.45) is 1.56. The van der Waals surface area contributed by atoms with Crippen molar-refractivity contribution in [1.29, 1.82) is 0 Å². The average molecular weight is 789 g/mol. The van der Waals surface area contributed by atoms with Crippen LogP contribution < -0.4 is 14.8 Å². The molecule has 280 valence electrons. The quantitative estimate of drug-likeness (QED) is 0.0973. The van der Waals surface area contributed by atoms with Gasteiger partial charge in [-0.25, -0.2) is 8.42 Å². The van der Waals surface area contributed by atoms with Crippen LogP contribution in [0.5, 0.6) is 0 Å². The summed E-state index contributed by atoms with van der Waals surface area (Å²) in [4.78, 5) is 1.55. The Morgan fingerprint density at radius 3 is 1.94 bits per heavy atom. The Kier molecular flexibility index (Phi) is 9.75. The molecule has 2 N–H and O–H groups in total. The smallest absolute Gasteiger partial charge is 0.294 e.